The first-order valence-electron chi connectivity index (χ1n) is 8.48. The number of hydrogen-bond donors (Lipinski definition) is 1. The SMILES string of the molecule is COc1cc(OC)c2nc3n(c(=O)c2c1)CCc1c-3[nH]c2ccccc12. The third kappa shape index (κ3) is 1.92. The van der Waals surface area contributed by atoms with Crippen molar-refractivity contribution in [1.82, 2.24) is 14.5 Å². The number of aryl methyl sites for hydroxylation is 1. The number of aromatic amines is 1. The monoisotopic (exact) mass is 347 g/mol. The lowest BCUT2D eigenvalue weighted by Crippen LogP contribution is -2.27. The summed E-state index contributed by atoms with van der Waals surface area (Å²) in [4.78, 5) is 21.4. The Morgan fingerprint density at radius 2 is 1.96 bits per heavy atom. The van der Waals surface area contributed by atoms with Crippen LogP contribution >= 0.6 is 0 Å². The highest BCUT2D eigenvalue weighted by molar-refractivity contribution is 5.92. The highest BCUT2D eigenvalue weighted by Crippen LogP contribution is 2.35. The molecule has 1 aliphatic rings. The van der Waals surface area contributed by atoms with Crippen LogP contribution in [0.15, 0.2) is 41.2 Å². The first-order valence-corrected chi connectivity index (χ1v) is 8.48. The second kappa shape index (κ2) is 5.36. The van der Waals surface area contributed by atoms with Crippen molar-refractivity contribution in [2.45, 2.75) is 13.0 Å². The summed E-state index contributed by atoms with van der Waals surface area (Å²) in [5.74, 6) is 1.77. The van der Waals surface area contributed by atoms with Gasteiger partial charge in [-0.2, -0.15) is 0 Å². The van der Waals surface area contributed by atoms with Crippen LogP contribution in [-0.4, -0.2) is 28.8 Å². The average Bonchev–Trinajstić information content (AvgIpc) is 3.06. The van der Waals surface area contributed by atoms with Gasteiger partial charge in [-0.05, 0) is 24.1 Å². The van der Waals surface area contributed by atoms with Crippen molar-refractivity contribution >= 4 is 21.8 Å². The van der Waals surface area contributed by atoms with Gasteiger partial charge in [-0.1, -0.05) is 18.2 Å². The van der Waals surface area contributed by atoms with Crippen molar-refractivity contribution in [3.8, 4) is 23.0 Å². The van der Waals surface area contributed by atoms with Crippen LogP contribution in [0, 0.1) is 0 Å². The lowest BCUT2D eigenvalue weighted by molar-refractivity contribution is 0.397. The summed E-state index contributed by atoms with van der Waals surface area (Å²) in [5, 5.41) is 1.69. The molecule has 4 aromatic rings. The Bertz CT molecular complexity index is 1240. The van der Waals surface area contributed by atoms with Crippen LogP contribution in [0.25, 0.3) is 33.3 Å². The number of nitrogens with one attached hydrogen (secondary N) is 1. The normalized spacial score (nSPS) is 12.8. The third-order valence-corrected chi connectivity index (χ3v) is 5.08. The molecule has 0 fully saturated rings. The minimum atomic E-state index is -0.0773. The van der Waals surface area contributed by atoms with Crippen LogP contribution in [0.4, 0.5) is 0 Å². The van der Waals surface area contributed by atoms with E-state index in [-0.39, 0.29) is 5.56 Å². The Hall–Kier alpha value is -3.28. The predicted octanol–water partition coefficient (Wildman–Crippen LogP) is 3.12. The molecule has 3 heterocycles. The summed E-state index contributed by atoms with van der Waals surface area (Å²) in [5.41, 5.74) is 3.65. The van der Waals surface area contributed by atoms with Gasteiger partial charge in [0.25, 0.3) is 5.56 Å². The fourth-order valence-corrected chi connectivity index (χ4v) is 3.81. The molecule has 0 bridgehead atoms. The topological polar surface area (TPSA) is 69.1 Å². The van der Waals surface area contributed by atoms with E-state index in [9.17, 15) is 4.79 Å². The van der Waals surface area contributed by atoms with Gasteiger partial charge in [0.15, 0.2) is 5.82 Å². The van der Waals surface area contributed by atoms with E-state index in [1.54, 1.807) is 30.9 Å². The maximum absolute atomic E-state index is 13.1. The van der Waals surface area contributed by atoms with Crippen LogP contribution in [-0.2, 0) is 13.0 Å². The molecule has 0 atom stereocenters. The van der Waals surface area contributed by atoms with Crippen molar-refractivity contribution in [1.29, 1.82) is 0 Å². The van der Waals surface area contributed by atoms with Crippen LogP contribution in [0.3, 0.4) is 0 Å². The van der Waals surface area contributed by atoms with Gasteiger partial charge in [0.2, 0.25) is 0 Å². The molecule has 6 nitrogen and oxygen atoms in total. The van der Waals surface area contributed by atoms with Crippen LogP contribution in [0.2, 0.25) is 0 Å². The van der Waals surface area contributed by atoms with Crippen molar-refractivity contribution in [3.05, 3.63) is 52.3 Å². The summed E-state index contributed by atoms with van der Waals surface area (Å²) in [7, 11) is 3.14. The first kappa shape index (κ1) is 15.0. The van der Waals surface area contributed by atoms with Crippen LogP contribution in [0.5, 0.6) is 11.5 Å². The number of benzene rings is 2. The number of aromatic nitrogens is 3. The quantitative estimate of drug-likeness (QED) is 0.605. The van der Waals surface area contributed by atoms with Gasteiger partial charge in [0.1, 0.15) is 17.0 Å². The van der Waals surface area contributed by atoms with Crippen LogP contribution in [0.1, 0.15) is 5.56 Å². The number of H-pyrrole nitrogens is 1. The summed E-state index contributed by atoms with van der Waals surface area (Å²) < 4.78 is 12.5. The molecule has 0 saturated carbocycles. The molecule has 26 heavy (non-hydrogen) atoms. The van der Waals surface area contributed by atoms with E-state index in [4.69, 9.17) is 14.5 Å². The molecule has 6 heteroatoms. The van der Waals surface area contributed by atoms with Crippen molar-refractivity contribution < 1.29 is 9.47 Å². The highest BCUT2D eigenvalue weighted by Gasteiger charge is 2.25. The molecule has 0 amide bonds. The largest absolute Gasteiger partial charge is 0.497 e. The first-order chi connectivity index (χ1) is 12.7. The molecule has 0 spiro atoms. The molecule has 0 unspecified atom stereocenters. The van der Waals surface area contributed by atoms with E-state index in [1.807, 2.05) is 18.2 Å². The van der Waals surface area contributed by atoms with E-state index in [0.29, 0.717) is 34.8 Å². The van der Waals surface area contributed by atoms with Crippen molar-refractivity contribution in [2.75, 3.05) is 14.2 Å². The van der Waals surface area contributed by atoms with E-state index < -0.39 is 0 Å². The zero-order valence-corrected chi connectivity index (χ0v) is 14.5. The number of hydrogen-bond acceptors (Lipinski definition) is 4. The molecule has 1 aliphatic heterocycles. The Morgan fingerprint density at radius 1 is 1.12 bits per heavy atom. The van der Waals surface area contributed by atoms with Gasteiger partial charge < -0.3 is 14.5 Å². The second-order valence-corrected chi connectivity index (χ2v) is 6.39. The number of nitrogens with zero attached hydrogens (tertiary/aromatic N) is 2. The van der Waals surface area contributed by atoms with Gasteiger partial charge in [-0.3, -0.25) is 9.36 Å². The molecule has 2 aromatic heterocycles. The Morgan fingerprint density at radius 3 is 2.77 bits per heavy atom. The van der Waals surface area contributed by atoms with Gasteiger partial charge in [-0.15, -0.1) is 0 Å². The molecule has 0 aliphatic carbocycles. The van der Waals surface area contributed by atoms with E-state index in [1.165, 1.54) is 10.9 Å². The average molecular weight is 347 g/mol. The fourth-order valence-electron chi connectivity index (χ4n) is 3.81. The highest BCUT2D eigenvalue weighted by atomic mass is 16.5. The molecule has 1 N–H and O–H groups in total. The smallest absolute Gasteiger partial charge is 0.261 e. The lowest BCUT2D eigenvalue weighted by atomic mass is 10.0. The number of ether oxygens (including phenoxy) is 2. The van der Waals surface area contributed by atoms with Gasteiger partial charge >= 0.3 is 0 Å². The van der Waals surface area contributed by atoms with Gasteiger partial charge in [0, 0.05) is 23.5 Å². The van der Waals surface area contributed by atoms with Gasteiger partial charge in [-0.25, -0.2) is 4.98 Å². The molecule has 130 valence electrons. The van der Waals surface area contributed by atoms with Gasteiger partial charge in [0.05, 0.1) is 25.3 Å². The predicted molar refractivity (Wildman–Crippen MR) is 100 cm³/mol. The third-order valence-electron chi connectivity index (χ3n) is 5.08. The number of methoxy groups -OCH3 is 2. The van der Waals surface area contributed by atoms with Crippen molar-refractivity contribution in [3.63, 3.8) is 0 Å². The standard InChI is InChI=1S/C20H17N3O3/c1-25-11-9-14-17(16(10-11)26-2)22-19-18-13(7-8-23(19)20(14)24)12-5-3-4-6-15(12)21-18/h3-6,9-10,21H,7-8H2,1-2H3. The van der Waals surface area contributed by atoms with E-state index in [0.717, 1.165) is 17.6 Å². The van der Waals surface area contributed by atoms with E-state index in [2.05, 4.69) is 11.1 Å². The Balaban J connectivity index is 1.88. The van der Waals surface area contributed by atoms with Crippen LogP contribution < -0.4 is 15.0 Å². The minimum Gasteiger partial charge on any atom is -0.497 e. The van der Waals surface area contributed by atoms with Crippen molar-refractivity contribution in [2.24, 2.45) is 0 Å². The summed E-state index contributed by atoms with van der Waals surface area (Å²) in [6, 6.07) is 11.7. The minimum absolute atomic E-state index is 0.0773. The second-order valence-electron chi connectivity index (χ2n) is 6.39. The zero-order valence-electron chi connectivity index (χ0n) is 14.5. The number of fused-ring (bicyclic) bond motifs is 6. The summed E-state index contributed by atoms with van der Waals surface area (Å²) in [6.45, 7) is 0.603. The number of para-hydroxylation sites is 1. The molecule has 0 saturated heterocycles. The maximum Gasteiger partial charge on any atom is 0.261 e. The molecular weight excluding hydrogens is 330 g/mol. The molecular formula is C20H17N3O3. The molecule has 0 radical (unpaired) electrons. The van der Waals surface area contributed by atoms with E-state index >= 15 is 0 Å². The molecule has 2 aromatic carbocycles. The fraction of sp³-hybridized carbons (Fsp3) is 0.200. The maximum atomic E-state index is 13.1. The summed E-state index contributed by atoms with van der Waals surface area (Å²) in [6.07, 6.45) is 0.792. The molecule has 5 rings (SSSR count). The summed E-state index contributed by atoms with van der Waals surface area (Å²) >= 11 is 0. The lowest BCUT2D eigenvalue weighted by Gasteiger charge is -2.19. The zero-order chi connectivity index (χ0) is 17.8. The number of rotatable bonds is 2. The Kier molecular flexibility index (Phi) is 3.09. The Labute approximate surface area is 149 Å².